The molecule has 1 aromatic carbocycles. The van der Waals surface area contributed by atoms with Gasteiger partial charge in [-0.2, -0.15) is 0 Å². The number of urea groups is 1. The van der Waals surface area contributed by atoms with Crippen LogP contribution in [0.5, 0.6) is 5.75 Å². The first kappa shape index (κ1) is 14.7. The van der Waals surface area contributed by atoms with Gasteiger partial charge in [-0.05, 0) is 44.2 Å². The van der Waals surface area contributed by atoms with Gasteiger partial charge >= 0.3 is 6.03 Å². The van der Waals surface area contributed by atoms with Gasteiger partial charge in [0, 0.05) is 6.54 Å². The van der Waals surface area contributed by atoms with Crippen LogP contribution in [0.3, 0.4) is 0 Å². The van der Waals surface area contributed by atoms with Crippen LogP contribution in [-0.4, -0.2) is 30.4 Å². The van der Waals surface area contributed by atoms with E-state index >= 15 is 0 Å². The van der Waals surface area contributed by atoms with Crippen LogP contribution in [0.2, 0.25) is 0 Å². The number of carbonyl (C=O) groups excluding carboxylic acids is 1. The van der Waals surface area contributed by atoms with Crippen molar-refractivity contribution in [1.29, 1.82) is 0 Å². The van der Waals surface area contributed by atoms with Gasteiger partial charge in [-0.15, -0.1) is 0 Å². The SMILES string of the molecule is CCOc1ccccc1NC(=O)NCCC(O)C1CC1. The van der Waals surface area contributed by atoms with E-state index in [1.165, 1.54) is 0 Å². The van der Waals surface area contributed by atoms with Gasteiger partial charge in [-0.3, -0.25) is 0 Å². The van der Waals surface area contributed by atoms with Crippen LogP contribution in [0.25, 0.3) is 0 Å². The molecule has 1 aliphatic carbocycles. The Morgan fingerprint density at radius 1 is 1.45 bits per heavy atom. The molecule has 0 bridgehead atoms. The number of amides is 2. The summed E-state index contributed by atoms with van der Waals surface area (Å²) in [6, 6.07) is 7.04. The first-order valence-corrected chi connectivity index (χ1v) is 7.15. The standard InChI is InChI=1S/C15H22N2O3/c1-2-20-14-6-4-3-5-12(14)17-15(19)16-10-9-13(18)11-7-8-11/h3-6,11,13,18H,2,7-10H2,1H3,(H2,16,17,19). The molecule has 110 valence electrons. The molecular weight excluding hydrogens is 256 g/mol. The lowest BCUT2D eigenvalue weighted by Crippen LogP contribution is -2.31. The van der Waals surface area contributed by atoms with Gasteiger partial charge in [0.05, 0.1) is 18.4 Å². The molecule has 0 saturated heterocycles. The lowest BCUT2D eigenvalue weighted by molar-refractivity contribution is 0.142. The number of nitrogens with one attached hydrogen (secondary N) is 2. The third-order valence-corrected chi connectivity index (χ3v) is 3.33. The van der Waals surface area contributed by atoms with Gasteiger partial charge < -0.3 is 20.5 Å². The Balaban J connectivity index is 1.75. The third-order valence-electron chi connectivity index (χ3n) is 3.33. The summed E-state index contributed by atoms with van der Waals surface area (Å²) in [5.41, 5.74) is 0.648. The van der Waals surface area contributed by atoms with Crippen molar-refractivity contribution in [2.75, 3.05) is 18.5 Å². The van der Waals surface area contributed by atoms with Crippen molar-refractivity contribution in [2.24, 2.45) is 5.92 Å². The Hall–Kier alpha value is -1.75. The maximum Gasteiger partial charge on any atom is 0.319 e. The summed E-state index contributed by atoms with van der Waals surface area (Å²) in [6.45, 7) is 2.92. The number of rotatable bonds is 7. The molecule has 1 saturated carbocycles. The maximum atomic E-state index is 11.8. The van der Waals surface area contributed by atoms with E-state index in [4.69, 9.17) is 4.74 Å². The van der Waals surface area contributed by atoms with Gasteiger partial charge in [0.2, 0.25) is 0 Å². The minimum absolute atomic E-state index is 0.278. The number of benzene rings is 1. The Bertz CT molecular complexity index is 446. The zero-order chi connectivity index (χ0) is 14.4. The summed E-state index contributed by atoms with van der Waals surface area (Å²) < 4.78 is 5.44. The minimum atomic E-state index is -0.286. The highest BCUT2D eigenvalue weighted by molar-refractivity contribution is 5.90. The summed E-state index contributed by atoms with van der Waals surface area (Å²) in [7, 11) is 0. The normalized spacial score (nSPS) is 15.5. The second-order valence-corrected chi connectivity index (χ2v) is 5.00. The van der Waals surface area contributed by atoms with Gasteiger partial charge in [0.25, 0.3) is 0 Å². The zero-order valence-electron chi connectivity index (χ0n) is 11.8. The first-order chi connectivity index (χ1) is 9.70. The molecule has 3 N–H and O–H groups in total. The van der Waals surface area contributed by atoms with E-state index in [1.807, 2.05) is 25.1 Å². The summed E-state index contributed by atoms with van der Waals surface area (Å²) in [5, 5.41) is 15.2. The molecule has 1 atom stereocenters. The molecule has 1 aliphatic rings. The predicted molar refractivity (Wildman–Crippen MR) is 78.0 cm³/mol. The minimum Gasteiger partial charge on any atom is -0.492 e. The average molecular weight is 278 g/mol. The van der Waals surface area contributed by atoms with Crippen LogP contribution >= 0.6 is 0 Å². The van der Waals surface area contributed by atoms with Crippen molar-refractivity contribution < 1.29 is 14.6 Å². The smallest absolute Gasteiger partial charge is 0.319 e. The fourth-order valence-electron chi connectivity index (χ4n) is 2.07. The van der Waals surface area contributed by atoms with Crippen LogP contribution in [0.1, 0.15) is 26.2 Å². The molecule has 1 fully saturated rings. The van der Waals surface area contributed by atoms with E-state index in [-0.39, 0.29) is 12.1 Å². The van der Waals surface area contributed by atoms with Gasteiger partial charge in [0.1, 0.15) is 5.75 Å². The lowest BCUT2D eigenvalue weighted by Gasteiger charge is -2.13. The zero-order valence-corrected chi connectivity index (χ0v) is 11.8. The van der Waals surface area contributed by atoms with E-state index in [9.17, 15) is 9.90 Å². The number of ether oxygens (including phenoxy) is 1. The lowest BCUT2D eigenvalue weighted by atomic mass is 10.2. The Morgan fingerprint density at radius 3 is 2.90 bits per heavy atom. The van der Waals surface area contributed by atoms with E-state index in [1.54, 1.807) is 6.07 Å². The monoisotopic (exact) mass is 278 g/mol. The van der Waals surface area contributed by atoms with Crippen molar-refractivity contribution in [3.8, 4) is 5.75 Å². The average Bonchev–Trinajstić information content (AvgIpc) is 3.25. The maximum absolute atomic E-state index is 11.8. The first-order valence-electron chi connectivity index (χ1n) is 7.15. The van der Waals surface area contributed by atoms with Crippen molar-refractivity contribution in [1.82, 2.24) is 5.32 Å². The second-order valence-electron chi connectivity index (χ2n) is 5.00. The second kappa shape index (κ2) is 7.14. The summed E-state index contributed by atoms with van der Waals surface area (Å²) in [4.78, 5) is 11.8. The van der Waals surface area contributed by atoms with Crippen molar-refractivity contribution in [3.05, 3.63) is 24.3 Å². The number of hydrogen-bond donors (Lipinski definition) is 3. The van der Waals surface area contributed by atoms with Gasteiger partial charge in [-0.1, -0.05) is 12.1 Å². The van der Waals surface area contributed by atoms with Crippen LogP contribution < -0.4 is 15.4 Å². The molecule has 2 amide bonds. The van der Waals surface area contributed by atoms with Crippen LogP contribution in [0.4, 0.5) is 10.5 Å². The molecule has 0 aromatic heterocycles. The molecule has 20 heavy (non-hydrogen) atoms. The summed E-state index contributed by atoms with van der Waals surface area (Å²) in [5.74, 6) is 1.10. The molecule has 1 unspecified atom stereocenters. The largest absolute Gasteiger partial charge is 0.492 e. The number of aliphatic hydroxyl groups excluding tert-OH is 1. The number of hydrogen-bond acceptors (Lipinski definition) is 3. The molecule has 2 rings (SSSR count). The summed E-state index contributed by atoms with van der Waals surface area (Å²) in [6.07, 6.45) is 2.53. The Kier molecular flexibility index (Phi) is 5.24. The third kappa shape index (κ3) is 4.42. The molecule has 0 aliphatic heterocycles. The topological polar surface area (TPSA) is 70.6 Å². The quantitative estimate of drug-likeness (QED) is 0.717. The van der Waals surface area contributed by atoms with E-state index in [2.05, 4.69) is 10.6 Å². The molecule has 0 radical (unpaired) electrons. The Labute approximate surface area is 119 Å². The summed E-state index contributed by atoms with van der Waals surface area (Å²) >= 11 is 0. The highest BCUT2D eigenvalue weighted by Gasteiger charge is 2.29. The highest BCUT2D eigenvalue weighted by atomic mass is 16.5. The van der Waals surface area contributed by atoms with Crippen LogP contribution in [-0.2, 0) is 0 Å². The molecule has 0 heterocycles. The number of para-hydroxylation sites is 2. The Morgan fingerprint density at radius 2 is 2.20 bits per heavy atom. The number of aliphatic hydroxyl groups is 1. The van der Waals surface area contributed by atoms with Gasteiger partial charge in [0.15, 0.2) is 0 Å². The molecule has 5 heteroatoms. The van der Waals surface area contributed by atoms with Crippen LogP contribution in [0.15, 0.2) is 24.3 Å². The van der Waals surface area contributed by atoms with Crippen molar-refractivity contribution in [2.45, 2.75) is 32.3 Å². The van der Waals surface area contributed by atoms with Crippen molar-refractivity contribution in [3.63, 3.8) is 0 Å². The fourth-order valence-corrected chi connectivity index (χ4v) is 2.07. The van der Waals surface area contributed by atoms with E-state index in [0.29, 0.717) is 36.9 Å². The highest BCUT2D eigenvalue weighted by Crippen LogP contribution is 2.33. The van der Waals surface area contributed by atoms with Crippen LogP contribution in [0, 0.1) is 5.92 Å². The fraction of sp³-hybridized carbons (Fsp3) is 0.533. The van der Waals surface area contributed by atoms with E-state index < -0.39 is 0 Å². The van der Waals surface area contributed by atoms with Crippen molar-refractivity contribution >= 4 is 11.7 Å². The molecule has 1 aromatic rings. The number of carbonyl (C=O) groups is 1. The number of anilines is 1. The molecular formula is C15H22N2O3. The molecule has 5 nitrogen and oxygen atoms in total. The van der Waals surface area contributed by atoms with Gasteiger partial charge in [-0.25, -0.2) is 4.79 Å². The molecule has 0 spiro atoms. The predicted octanol–water partition coefficient (Wildman–Crippen LogP) is 2.37. The van der Waals surface area contributed by atoms with E-state index in [0.717, 1.165) is 12.8 Å².